The molecule has 0 saturated carbocycles. The van der Waals surface area contributed by atoms with Crippen LogP contribution in [0.2, 0.25) is 0 Å². The van der Waals surface area contributed by atoms with Crippen LogP contribution < -0.4 is 4.89 Å². The number of phosphoric acid groups is 1. The molecule has 0 aromatic heterocycles. The SMILES string of the molecule is CCCCCCCCCCCCCCCCCCCCCCCCC(=O)OC(COCCCCCCCC)COP(=O)([O-])OCC[N+](C)(C)C. The predicted molar refractivity (Wildman–Crippen MR) is 208 cm³/mol. The zero-order valence-corrected chi connectivity index (χ0v) is 34.8. The number of ether oxygens (including phenoxy) is 2. The number of rotatable bonds is 40. The van der Waals surface area contributed by atoms with Gasteiger partial charge in [-0.2, -0.15) is 0 Å². The fourth-order valence-electron chi connectivity index (χ4n) is 6.08. The minimum atomic E-state index is -4.50. The predicted octanol–water partition coefficient (Wildman–Crippen LogP) is 11.5. The lowest BCUT2D eigenvalue weighted by Crippen LogP contribution is -2.37. The summed E-state index contributed by atoms with van der Waals surface area (Å²) in [6, 6.07) is 0. The van der Waals surface area contributed by atoms with Crippen molar-refractivity contribution in [2.24, 2.45) is 0 Å². The molecule has 0 bridgehead atoms. The van der Waals surface area contributed by atoms with E-state index in [0.717, 1.165) is 32.1 Å². The third-order valence-corrected chi connectivity index (χ3v) is 10.4. The molecule has 0 N–H and O–H groups in total. The van der Waals surface area contributed by atoms with Crippen LogP contribution in [-0.4, -0.2) is 70.7 Å². The Balaban J connectivity index is 3.96. The number of hydrogen-bond donors (Lipinski definition) is 0. The van der Waals surface area contributed by atoms with Crippen molar-refractivity contribution in [3.8, 4) is 0 Å². The van der Waals surface area contributed by atoms with Crippen LogP contribution in [0.15, 0.2) is 0 Å². The lowest BCUT2D eigenvalue weighted by molar-refractivity contribution is -0.870. The summed E-state index contributed by atoms with van der Waals surface area (Å²) in [5.41, 5.74) is 0. The van der Waals surface area contributed by atoms with Gasteiger partial charge in [0.2, 0.25) is 0 Å². The Morgan fingerprint density at radius 2 is 0.920 bits per heavy atom. The number of esters is 1. The second kappa shape index (κ2) is 35.5. The van der Waals surface area contributed by atoms with Crippen molar-refractivity contribution in [3.63, 3.8) is 0 Å². The third kappa shape index (κ3) is 38.7. The molecule has 9 heteroatoms. The van der Waals surface area contributed by atoms with Gasteiger partial charge in [-0.1, -0.05) is 181 Å². The lowest BCUT2D eigenvalue weighted by atomic mass is 10.0. The molecule has 0 aliphatic carbocycles. The number of nitrogens with zero attached hydrogens (tertiary/aromatic N) is 1. The Labute approximate surface area is 310 Å². The monoisotopic (exact) mass is 734 g/mol. The van der Waals surface area contributed by atoms with Crippen molar-refractivity contribution < 1.29 is 37.3 Å². The van der Waals surface area contributed by atoms with Crippen LogP contribution in [0.5, 0.6) is 0 Å². The van der Waals surface area contributed by atoms with E-state index in [1.54, 1.807) is 0 Å². The van der Waals surface area contributed by atoms with Gasteiger partial charge in [-0.25, -0.2) is 0 Å². The highest BCUT2D eigenvalue weighted by molar-refractivity contribution is 7.45. The first kappa shape index (κ1) is 49.5. The molecular formula is C41H84NO7P. The molecule has 0 aliphatic rings. The molecule has 50 heavy (non-hydrogen) atoms. The van der Waals surface area contributed by atoms with Gasteiger partial charge in [0, 0.05) is 13.0 Å². The number of likely N-dealkylation sites (N-methyl/N-ethyl adjacent to an activating group) is 1. The first-order valence-corrected chi connectivity index (χ1v) is 22.7. The molecule has 0 fully saturated rings. The summed E-state index contributed by atoms with van der Waals surface area (Å²) in [7, 11) is 1.37. The molecule has 0 spiro atoms. The maximum Gasteiger partial charge on any atom is 0.306 e. The molecule has 0 aliphatic heterocycles. The maximum absolute atomic E-state index is 12.6. The first-order chi connectivity index (χ1) is 24.1. The molecule has 0 heterocycles. The molecule has 0 aromatic rings. The minimum Gasteiger partial charge on any atom is -0.756 e. The normalized spacial score (nSPS) is 13.8. The van der Waals surface area contributed by atoms with E-state index in [1.807, 2.05) is 21.1 Å². The van der Waals surface area contributed by atoms with E-state index in [2.05, 4.69) is 13.8 Å². The Hall–Kier alpha value is -0.500. The van der Waals surface area contributed by atoms with E-state index in [1.165, 1.54) is 148 Å². The van der Waals surface area contributed by atoms with Gasteiger partial charge in [-0.15, -0.1) is 0 Å². The fourth-order valence-corrected chi connectivity index (χ4v) is 6.81. The molecule has 2 unspecified atom stereocenters. The quantitative estimate of drug-likeness (QED) is 0.0268. The van der Waals surface area contributed by atoms with Crippen LogP contribution in [0, 0.1) is 0 Å². The van der Waals surface area contributed by atoms with Gasteiger partial charge in [0.25, 0.3) is 7.82 Å². The first-order valence-electron chi connectivity index (χ1n) is 21.3. The van der Waals surface area contributed by atoms with E-state index >= 15 is 0 Å². The molecule has 0 rings (SSSR count). The Morgan fingerprint density at radius 3 is 1.32 bits per heavy atom. The van der Waals surface area contributed by atoms with E-state index in [0.29, 0.717) is 24.1 Å². The van der Waals surface area contributed by atoms with Crippen molar-refractivity contribution in [2.75, 3.05) is 54.1 Å². The lowest BCUT2D eigenvalue weighted by Gasteiger charge is -2.28. The minimum absolute atomic E-state index is 0.0305. The molecule has 0 amide bonds. The maximum atomic E-state index is 12.6. The van der Waals surface area contributed by atoms with Crippen molar-refractivity contribution in [1.29, 1.82) is 0 Å². The van der Waals surface area contributed by atoms with Gasteiger partial charge < -0.3 is 27.9 Å². The van der Waals surface area contributed by atoms with Crippen LogP contribution in [0.3, 0.4) is 0 Å². The van der Waals surface area contributed by atoms with Crippen molar-refractivity contribution >= 4 is 13.8 Å². The average molecular weight is 734 g/mol. The van der Waals surface area contributed by atoms with Gasteiger partial charge in [-0.05, 0) is 12.8 Å². The summed E-state index contributed by atoms with van der Waals surface area (Å²) in [5, 5.41) is 0. The molecule has 0 aromatic carbocycles. The smallest absolute Gasteiger partial charge is 0.306 e. The summed E-state index contributed by atoms with van der Waals surface area (Å²) in [5.74, 6) is -0.332. The summed E-state index contributed by atoms with van der Waals surface area (Å²) < 4.78 is 34.3. The highest BCUT2D eigenvalue weighted by Crippen LogP contribution is 2.38. The number of phosphoric ester groups is 1. The fraction of sp³-hybridized carbons (Fsp3) is 0.976. The van der Waals surface area contributed by atoms with Crippen LogP contribution in [0.25, 0.3) is 0 Å². The zero-order chi connectivity index (χ0) is 37.0. The number of hydrogen-bond acceptors (Lipinski definition) is 7. The molecule has 300 valence electrons. The van der Waals surface area contributed by atoms with Gasteiger partial charge in [0.05, 0.1) is 34.4 Å². The standard InChI is InChI=1S/C41H84NO7P/c1-6-8-10-12-14-15-16-17-18-19-20-21-22-23-24-25-26-27-28-29-30-32-34-41(43)49-40(38-46-36-33-31-13-11-9-7-2)39-48-50(44,45)47-37-35-42(3,4)5/h40H,6-39H2,1-5H3. The van der Waals surface area contributed by atoms with Gasteiger partial charge in [-0.3, -0.25) is 9.36 Å². The van der Waals surface area contributed by atoms with Crippen LogP contribution in [-0.2, 0) is 27.9 Å². The summed E-state index contributed by atoms with van der Waals surface area (Å²) in [4.78, 5) is 24.9. The number of carbonyl (C=O) groups is 1. The van der Waals surface area contributed by atoms with E-state index in [9.17, 15) is 14.3 Å². The van der Waals surface area contributed by atoms with Gasteiger partial charge >= 0.3 is 5.97 Å². The summed E-state index contributed by atoms with van der Waals surface area (Å²) in [6.07, 6.45) is 35.7. The topological polar surface area (TPSA) is 94.1 Å². The second-order valence-electron chi connectivity index (χ2n) is 15.7. The highest BCUT2D eigenvalue weighted by atomic mass is 31.2. The largest absolute Gasteiger partial charge is 0.756 e. The van der Waals surface area contributed by atoms with Crippen molar-refractivity contribution in [2.45, 2.75) is 206 Å². The van der Waals surface area contributed by atoms with Crippen molar-refractivity contribution in [3.05, 3.63) is 0 Å². The average Bonchev–Trinajstić information content (AvgIpc) is 3.06. The zero-order valence-electron chi connectivity index (χ0n) is 33.9. The molecule has 8 nitrogen and oxygen atoms in total. The molecule has 0 saturated heterocycles. The summed E-state index contributed by atoms with van der Waals surface area (Å²) >= 11 is 0. The van der Waals surface area contributed by atoms with Crippen LogP contribution >= 0.6 is 7.82 Å². The molecule has 2 atom stereocenters. The highest BCUT2D eigenvalue weighted by Gasteiger charge is 2.20. The number of unbranched alkanes of at least 4 members (excludes halogenated alkanes) is 26. The number of quaternary nitrogens is 1. The van der Waals surface area contributed by atoms with Gasteiger partial charge in [0.1, 0.15) is 19.3 Å². The Bertz CT molecular complexity index is 777. The Morgan fingerprint density at radius 1 is 0.540 bits per heavy atom. The number of carbonyl (C=O) groups excluding carboxylic acids is 1. The van der Waals surface area contributed by atoms with E-state index < -0.39 is 13.9 Å². The third-order valence-electron chi connectivity index (χ3n) is 9.41. The second-order valence-corrected chi connectivity index (χ2v) is 17.1. The molecule has 0 radical (unpaired) electrons. The summed E-state index contributed by atoms with van der Waals surface area (Å²) in [6.45, 7) is 5.40. The van der Waals surface area contributed by atoms with Crippen LogP contribution in [0.4, 0.5) is 0 Å². The van der Waals surface area contributed by atoms with Crippen LogP contribution in [0.1, 0.15) is 200 Å². The molecular weight excluding hydrogens is 649 g/mol. The van der Waals surface area contributed by atoms with E-state index in [-0.39, 0.29) is 25.8 Å². The Kier molecular flexibility index (Phi) is 35.2. The van der Waals surface area contributed by atoms with Crippen molar-refractivity contribution in [1.82, 2.24) is 0 Å². The van der Waals surface area contributed by atoms with Gasteiger partial charge in [0.15, 0.2) is 0 Å². The van der Waals surface area contributed by atoms with E-state index in [4.69, 9.17) is 18.5 Å².